The standard InChI is InChI=1S/C23H28N2O2/c1-15(2)25(14-18-10-6-5-7-11-18)23(27)20-13-19(20)22(26)24-21-12-8-9-16(3)17(21)4/h5-12,15,19-20H,13-14H2,1-4H3,(H,24,26). The lowest BCUT2D eigenvalue weighted by molar-refractivity contribution is -0.136. The number of aryl methyl sites for hydroxylation is 1. The molecule has 0 aliphatic heterocycles. The first-order chi connectivity index (χ1) is 12.9. The fourth-order valence-electron chi connectivity index (χ4n) is 3.38. The number of hydrogen-bond donors (Lipinski definition) is 1. The zero-order valence-electron chi connectivity index (χ0n) is 16.5. The lowest BCUT2D eigenvalue weighted by Crippen LogP contribution is -2.38. The van der Waals surface area contributed by atoms with Crippen LogP contribution in [0, 0.1) is 25.7 Å². The van der Waals surface area contributed by atoms with Crippen molar-refractivity contribution in [2.45, 2.75) is 46.7 Å². The van der Waals surface area contributed by atoms with Crippen molar-refractivity contribution in [2.75, 3.05) is 5.32 Å². The molecule has 27 heavy (non-hydrogen) atoms. The van der Waals surface area contributed by atoms with E-state index < -0.39 is 0 Å². The van der Waals surface area contributed by atoms with Crippen LogP contribution in [-0.2, 0) is 16.1 Å². The van der Waals surface area contributed by atoms with Crippen LogP contribution in [0.4, 0.5) is 5.69 Å². The molecule has 2 amide bonds. The van der Waals surface area contributed by atoms with Gasteiger partial charge in [0.05, 0.1) is 11.8 Å². The van der Waals surface area contributed by atoms with Crippen molar-refractivity contribution in [3.8, 4) is 0 Å². The van der Waals surface area contributed by atoms with Gasteiger partial charge in [0.25, 0.3) is 0 Å². The first-order valence-electron chi connectivity index (χ1n) is 9.60. The minimum atomic E-state index is -0.227. The van der Waals surface area contributed by atoms with Gasteiger partial charge in [-0.05, 0) is 56.9 Å². The first kappa shape index (κ1) is 19.2. The molecule has 2 aromatic carbocycles. The number of hydrogen-bond acceptors (Lipinski definition) is 2. The van der Waals surface area contributed by atoms with E-state index in [1.807, 2.05) is 81.1 Å². The Labute approximate surface area is 161 Å². The normalized spacial score (nSPS) is 18.3. The SMILES string of the molecule is Cc1cccc(NC(=O)C2CC2C(=O)N(Cc2ccccc2)C(C)C)c1C. The summed E-state index contributed by atoms with van der Waals surface area (Å²) < 4.78 is 0. The molecule has 0 bridgehead atoms. The zero-order chi connectivity index (χ0) is 19.6. The van der Waals surface area contributed by atoms with Crippen molar-refractivity contribution >= 4 is 17.5 Å². The van der Waals surface area contributed by atoms with Gasteiger partial charge in [0.15, 0.2) is 0 Å². The third kappa shape index (κ3) is 4.38. The van der Waals surface area contributed by atoms with Crippen molar-refractivity contribution < 1.29 is 9.59 Å². The predicted molar refractivity (Wildman–Crippen MR) is 108 cm³/mol. The summed E-state index contributed by atoms with van der Waals surface area (Å²) in [6.07, 6.45) is 0.632. The van der Waals surface area contributed by atoms with Gasteiger partial charge in [-0.15, -0.1) is 0 Å². The quantitative estimate of drug-likeness (QED) is 0.830. The van der Waals surface area contributed by atoms with Gasteiger partial charge in [-0.1, -0.05) is 42.5 Å². The average molecular weight is 364 g/mol. The second-order valence-electron chi connectivity index (χ2n) is 7.73. The van der Waals surface area contributed by atoms with Crippen LogP contribution in [0.25, 0.3) is 0 Å². The van der Waals surface area contributed by atoms with Crippen LogP contribution in [-0.4, -0.2) is 22.8 Å². The first-order valence-corrected chi connectivity index (χ1v) is 9.60. The van der Waals surface area contributed by atoms with E-state index in [4.69, 9.17) is 0 Å². The number of anilines is 1. The fourth-order valence-corrected chi connectivity index (χ4v) is 3.38. The Bertz CT molecular complexity index is 830. The van der Waals surface area contributed by atoms with E-state index in [9.17, 15) is 9.59 Å². The molecule has 1 aliphatic rings. The Morgan fingerprint density at radius 3 is 2.41 bits per heavy atom. The van der Waals surface area contributed by atoms with Gasteiger partial charge in [-0.2, -0.15) is 0 Å². The van der Waals surface area contributed by atoms with E-state index in [1.165, 1.54) is 0 Å². The molecule has 3 rings (SSSR count). The molecular formula is C23H28N2O2. The van der Waals surface area contributed by atoms with Crippen molar-refractivity contribution in [3.05, 3.63) is 65.2 Å². The summed E-state index contributed by atoms with van der Waals surface area (Å²) in [4.78, 5) is 27.5. The summed E-state index contributed by atoms with van der Waals surface area (Å²) in [5, 5.41) is 3.01. The molecule has 1 aliphatic carbocycles. The smallest absolute Gasteiger partial charge is 0.228 e. The molecular weight excluding hydrogens is 336 g/mol. The molecule has 2 atom stereocenters. The highest BCUT2D eigenvalue weighted by Gasteiger charge is 2.49. The van der Waals surface area contributed by atoms with E-state index >= 15 is 0 Å². The molecule has 0 heterocycles. The molecule has 1 saturated carbocycles. The Morgan fingerprint density at radius 1 is 1.04 bits per heavy atom. The van der Waals surface area contributed by atoms with Crippen LogP contribution in [0.15, 0.2) is 48.5 Å². The molecule has 0 radical (unpaired) electrons. The molecule has 4 nitrogen and oxygen atoms in total. The van der Waals surface area contributed by atoms with Crippen LogP contribution in [0.5, 0.6) is 0 Å². The topological polar surface area (TPSA) is 49.4 Å². The van der Waals surface area contributed by atoms with E-state index in [0.29, 0.717) is 13.0 Å². The molecule has 2 aromatic rings. The molecule has 0 spiro atoms. The number of nitrogens with one attached hydrogen (secondary N) is 1. The number of amides is 2. The van der Waals surface area contributed by atoms with Crippen molar-refractivity contribution in [2.24, 2.45) is 11.8 Å². The van der Waals surface area contributed by atoms with Gasteiger partial charge in [0, 0.05) is 18.3 Å². The fraction of sp³-hybridized carbons (Fsp3) is 0.391. The minimum Gasteiger partial charge on any atom is -0.336 e. The molecule has 2 unspecified atom stereocenters. The van der Waals surface area contributed by atoms with E-state index in [1.54, 1.807) is 0 Å². The van der Waals surface area contributed by atoms with Gasteiger partial charge in [-0.3, -0.25) is 9.59 Å². The largest absolute Gasteiger partial charge is 0.336 e. The maximum atomic E-state index is 13.0. The second-order valence-corrected chi connectivity index (χ2v) is 7.73. The highest BCUT2D eigenvalue weighted by Crippen LogP contribution is 2.41. The number of nitrogens with zero attached hydrogens (tertiary/aromatic N) is 1. The van der Waals surface area contributed by atoms with Crippen LogP contribution < -0.4 is 5.32 Å². The summed E-state index contributed by atoms with van der Waals surface area (Å²) in [7, 11) is 0. The average Bonchev–Trinajstić information content (AvgIpc) is 3.44. The number of carbonyl (C=O) groups excluding carboxylic acids is 2. The van der Waals surface area contributed by atoms with Crippen LogP contribution in [0.1, 0.15) is 37.0 Å². The second kappa shape index (κ2) is 7.95. The van der Waals surface area contributed by atoms with E-state index in [-0.39, 0.29) is 29.7 Å². The van der Waals surface area contributed by atoms with Crippen LogP contribution in [0.2, 0.25) is 0 Å². The molecule has 0 saturated heterocycles. The lowest BCUT2D eigenvalue weighted by Gasteiger charge is -2.27. The van der Waals surface area contributed by atoms with Gasteiger partial charge in [0.1, 0.15) is 0 Å². The third-order valence-corrected chi connectivity index (χ3v) is 5.41. The molecule has 1 N–H and O–H groups in total. The zero-order valence-corrected chi connectivity index (χ0v) is 16.5. The Hall–Kier alpha value is -2.62. The number of rotatable bonds is 6. The molecule has 142 valence electrons. The highest BCUT2D eigenvalue weighted by molar-refractivity contribution is 6.00. The Morgan fingerprint density at radius 2 is 1.74 bits per heavy atom. The summed E-state index contributed by atoms with van der Waals surface area (Å²) in [6.45, 7) is 8.65. The summed E-state index contributed by atoms with van der Waals surface area (Å²) in [5.74, 6) is -0.406. The Balaban J connectivity index is 1.64. The number of benzene rings is 2. The van der Waals surface area contributed by atoms with Crippen LogP contribution >= 0.6 is 0 Å². The van der Waals surface area contributed by atoms with Gasteiger partial charge in [-0.25, -0.2) is 0 Å². The van der Waals surface area contributed by atoms with Gasteiger partial charge >= 0.3 is 0 Å². The van der Waals surface area contributed by atoms with Gasteiger partial charge in [0.2, 0.25) is 11.8 Å². The van der Waals surface area contributed by atoms with E-state index in [2.05, 4.69) is 5.32 Å². The number of carbonyl (C=O) groups is 2. The molecule has 1 fully saturated rings. The molecule has 0 aromatic heterocycles. The maximum Gasteiger partial charge on any atom is 0.228 e. The summed E-state index contributed by atoms with van der Waals surface area (Å²) in [6, 6.07) is 16.0. The maximum absolute atomic E-state index is 13.0. The van der Waals surface area contributed by atoms with Crippen molar-refractivity contribution in [1.29, 1.82) is 0 Å². The van der Waals surface area contributed by atoms with Gasteiger partial charge < -0.3 is 10.2 Å². The van der Waals surface area contributed by atoms with Crippen molar-refractivity contribution in [1.82, 2.24) is 4.90 Å². The molecule has 4 heteroatoms. The predicted octanol–water partition coefficient (Wildman–Crippen LogP) is 4.32. The third-order valence-electron chi connectivity index (χ3n) is 5.41. The van der Waals surface area contributed by atoms with E-state index in [0.717, 1.165) is 22.4 Å². The highest BCUT2D eigenvalue weighted by atomic mass is 16.2. The monoisotopic (exact) mass is 364 g/mol. The lowest BCUT2D eigenvalue weighted by atomic mass is 10.1. The summed E-state index contributed by atoms with van der Waals surface area (Å²) in [5.41, 5.74) is 4.16. The minimum absolute atomic E-state index is 0.0505. The Kier molecular flexibility index (Phi) is 5.64. The van der Waals surface area contributed by atoms with Crippen LogP contribution in [0.3, 0.4) is 0 Å². The van der Waals surface area contributed by atoms with Crippen molar-refractivity contribution in [3.63, 3.8) is 0 Å². The summed E-state index contributed by atoms with van der Waals surface area (Å²) >= 11 is 0.